The molecule has 0 saturated heterocycles. The van der Waals surface area contributed by atoms with Gasteiger partial charge in [0, 0.05) is 23.4 Å². The second kappa shape index (κ2) is 12.0. The Kier molecular flexibility index (Phi) is 9.66. The van der Waals surface area contributed by atoms with Crippen LogP contribution in [0.2, 0.25) is 5.02 Å². The van der Waals surface area contributed by atoms with E-state index in [2.05, 4.69) is 5.32 Å². The average molecular weight is 451 g/mol. The lowest BCUT2D eigenvalue weighted by Gasteiger charge is -2.29. The van der Waals surface area contributed by atoms with Crippen molar-refractivity contribution in [2.75, 3.05) is 5.75 Å². The van der Waals surface area contributed by atoms with Crippen molar-refractivity contribution in [2.24, 2.45) is 0 Å². The van der Waals surface area contributed by atoms with Crippen LogP contribution in [0.3, 0.4) is 0 Å². The number of amides is 2. The van der Waals surface area contributed by atoms with Crippen molar-refractivity contribution in [1.82, 2.24) is 10.2 Å². The number of halogens is 2. The summed E-state index contributed by atoms with van der Waals surface area (Å²) in [5.41, 5.74) is 1.85. The normalized spacial score (nSPS) is 12.8. The summed E-state index contributed by atoms with van der Waals surface area (Å²) >= 11 is 7.40. The minimum absolute atomic E-state index is 0.0419. The van der Waals surface area contributed by atoms with Gasteiger partial charge in [-0.25, -0.2) is 4.39 Å². The van der Waals surface area contributed by atoms with Gasteiger partial charge < -0.3 is 10.2 Å². The molecule has 0 aliphatic carbocycles. The third-order valence-electron chi connectivity index (χ3n) is 4.84. The molecule has 2 amide bonds. The van der Waals surface area contributed by atoms with E-state index in [1.54, 1.807) is 36.1 Å². The molecule has 162 valence electrons. The van der Waals surface area contributed by atoms with E-state index in [9.17, 15) is 14.0 Å². The molecule has 0 fully saturated rings. The van der Waals surface area contributed by atoms with Crippen LogP contribution in [0.5, 0.6) is 0 Å². The van der Waals surface area contributed by atoms with Crippen molar-refractivity contribution >= 4 is 35.2 Å². The van der Waals surface area contributed by atoms with Crippen LogP contribution in [0.1, 0.15) is 38.3 Å². The highest BCUT2D eigenvalue weighted by molar-refractivity contribution is 7.99. The molecule has 0 bridgehead atoms. The summed E-state index contributed by atoms with van der Waals surface area (Å²) in [6, 6.07) is 12.9. The maximum absolute atomic E-state index is 13.0. The smallest absolute Gasteiger partial charge is 0.242 e. The highest BCUT2D eigenvalue weighted by Crippen LogP contribution is 2.17. The maximum atomic E-state index is 13.0. The topological polar surface area (TPSA) is 49.4 Å². The highest BCUT2D eigenvalue weighted by atomic mass is 35.5. The molecule has 0 heterocycles. The standard InChI is InChI=1S/C23H28ClFN2O2S/c1-4-16(2)26-23(29)17(3)27(13-18-5-9-20(24)10-6-18)22(28)15-30-14-19-7-11-21(25)12-8-19/h5-12,16-17H,4,13-15H2,1-3H3,(H,26,29)/t16-,17+/m0/s1. The largest absolute Gasteiger partial charge is 0.352 e. The van der Waals surface area contributed by atoms with Crippen molar-refractivity contribution in [2.45, 2.75) is 51.6 Å². The Morgan fingerprint density at radius 3 is 2.27 bits per heavy atom. The van der Waals surface area contributed by atoms with Crippen LogP contribution in [0.15, 0.2) is 48.5 Å². The molecule has 4 nitrogen and oxygen atoms in total. The monoisotopic (exact) mass is 450 g/mol. The first-order chi connectivity index (χ1) is 14.3. The summed E-state index contributed by atoms with van der Waals surface area (Å²) in [5, 5.41) is 3.57. The molecule has 0 spiro atoms. The van der Waals surface area contributed by atoms with Crippen LogP contribution >= 0.6 is 23.4 Å². The number of hydrogen-bond donors (Lipinski definition) is 1. The molecule has 0 unspecified atom stereocenters. The number of nitrogens with one attached hydrogen (secondary N) is 1. The molecule has 1 N–H and O–H groups in total. The fourth-order valence-electron chi connectivity index (χ4n) is 2.75. The van der Waals surface area contributed by atoms with Crippen molar-refractivity contribution in [3.63, 3.8) is 0 Å². The molecule has 0 aliphatic rings. The summed E-state index contributed by atoms with van der Waals surface area (Å²) in [5.74, 6) is 0.245. The van der Waals surface area contributed by atoms with Crippen molar-refractivity contribution in [3.05, 3.63) is 70.5 Å². The number of nitrogens with zero attached hydrogens (tertiary/aromatic N) is 1. The van der Waals surface area contributed by atoms with Crippen molar-refractivity contribution in [1.29, 1.82) is 0 Å². The van der Waals surface area contributed by atoms with Gasteiger partial charge in [-0.1, -0.05) is 42.8 Å². The van der Waals surface area contributed by atoms with Gasteiger partial charge in [-0.3, -0.25) is 9.59 Å². The zero-order valence-electron chi connectivity index (χ0n) is 17.5. The van der Waals surface area contributed by atoms with Gasteiger partial charge in [-0.05, 0) is 55.7 Å². The summed E-state index contributed by atoms with van der Waals surface area (Å²) in [4.78, 5) is 27.3. The van der Waals surface area contributed by atoms with Crippen LogP contribution < -0.4 is 5.32 Å². The van der Waals surface area contributed by atoms with E-state index in [0.717, 1.165) is 17.5 Å². The first-order valence-electron chi connectivity index (χ1n) is 9.96. The number of rotatable bonds is 10. The Balaban J connectivity index is 2.06. The van der Waals surface area contributed by atoms with Gasteiger partial charge in [0.05, 0.1) is 5.75 Å². The molecule has 30 heavy (non-hydrogen) atoms. The second-order valence-electron chi connectivity index (χ2n) is 7.26. The van der Waals surface area contributed by atoms with Gasteiger partial charge in [0.2, 0.25) is 11.8 Å². The zero-order valence-corrected chi connectivity index (χ0v) is 19.1. The molecule has 0 aliphatic heterocycles. The maximum Gasteiger partial charge on any atom is 0.242 e. The van der Waals surface area contributed by atoms with E-state index < -0.39 is 6.04 Å². The van der Waals surface area contributed by atoms with Gasteiger partial charge >= 0.3 is 0 Å². The van der Waals surface area contributed by atoms with Gasteiger partial charge in [0.1, 0.15) is 11.9 Å². The second-order valence-corrected chi connectivity index (χ2v) is 8.68. The highest BCUT2D eigenvalue weighted by Gasteiger charge is 2.26. The minimum atomic E-state index is -0.603. The predicted molar refractivity (Wildman–Crippen MR) is 122 cm³/mol. The Morgan fingerprint density at radius 1 is 1.07 bits per heavy atom. The number of carbonyl (C=O) groups excluding carboxylic acids is 2. The van der Waals surface area contributed by atoms with Crippen molar-refractivity contribution in [3.8, 4) is 0 Å². The summed E-state index contributed by atoms with van der Waals surface area (Å²) in [6.07, 6.45) is 0.817. The fourth-order valence-corrected chi connectivity index (χ4v) is 3.75. The molecule has 0 aromatic heterocycles. The van der Waals surface area contributed by atoms with E-state index in [0.29, 0.717) is 17.3 Å². The molecular formula is C23H28ClFN2O2S. The number of hydrogen-bond acceptors (Lipinski definition) is 3. The van der Waals surface area contributed by atoms with Crippen LogP contribution in [0.4, 0.5) is 4.39 Å². The molecule has 7 heteroatoms. The Labute approximate surface area is 187 Å². The van der Waals surface area contributed by atoms with Gasteiger partial charge in [-0.2, -0.15) is 0 Å². The number of benzene rings is 2. The molecule has 2 aromatic carbocycles. The average Bonchev–Trinajstić information content (AvgIpc) is 2.74. The third-order valence-corrected chi connectivity index (χ3v) is 6.08. The Bertz CT molecular complexity index is 830. The van der Waals surface area contributed by atoms with E-state index in [1.807, 2.05) is 26.0 Å². The lowest BCUT2D eigenvalue weighted by molar-refractivity contribution is -0.138. The van der Waals surface area contributed by atoms with E-state index in [4.69, 9.17) is 11.6 Å². The number of carbonyl (C=O) groups is 2. The lowest BCUT2D eigenvalue weighted by Crippen LogP contribution is -2.50. The molecule has 2 rings (SSSR count). The van der Waals surface area contributed by atoms with Crippen LogP contribution in [-0.4, -0.2) is 34.6 Å². The summed E-state index contributed by atoms with van der Waals surface area (Å²) in [7, 11) is 0. The molecular weight excluding hydrogens is 423 g/mol. The zero-order chi connectivity index (χ0) is 22.1. The number of thioether (sulfide) groups is 1. The van der Waals surface area contributed by atoms with Gasteiger partial charge in [-0.15, -0.1) is 11.8 Å². The predicted octanol–water partition coefficient (Wildman–Crippen LogP) is 5.04. The SMILES string of the molecule is CC[C@H](C)NC(=O)[C@@H](C)N(Cc1ccc(Cl)cc1)C(=O)CSCc1ccc(F)cc1. The minimum Gasteiger partial charge on any atom is -0.352 e. The van der Waals surface area contributed by atoms with Crippen LogP contribution in [0.25, 0.3) is 0 Å². The van der Waals surface area contributed by atoms with E-state index in [-0.39, 0.29) is 29.4 Å². The van der Waals surface area contributed by atoms with Gasteiger partial charge in [0.15, 0.2) is 0 Å². The van der Waals surface area contributed by atoms with E-state index in [1.165, 1.54) is 23.9 Å². The quantitative estimate of drug-likeness (QED) is 0.551. The Hall–Kier alpha value is -2.05. The molecule has 2 aromatic rings. The molecule has 0 saturated carbocycles. The first kappa shape index (κ1) is 24.2. The summed E-state index contributed by atoms with van der Waals surface area (Å²) < 4.78 is 13.0. The Morgan fingerprint density at radius 2 is 1.67 bits per heavy atom. The van der Waals surface area contributed by atoms with Crippen LogP contribution in [-0.2, 0) is 21.9 Å². The lowest BCUT2D eigenvalue weighted by atomic mass is 10.1. The summed E-state index contributed by atoms with van der Waals surface area (Å²) in [6.45, 7) is 6.01. The van der Waals surface area contributed by atoms with Crippen LogP contribution in [0, 0.1) is 5.82 Å². The third kappa shape index (κ3) is 7.65. The molecule has 0 radical (unpaired) electrons. The molecule has 2 atom stereocenters. The van der Waals surface area contributed by atoms with Gasteiger partial charge in [0.25, 0.3) is 0 Å². The van der Waals surface area contributed by atoms with E-state index >= 15 is 0 Å². The fraction of sp³-hybridized carbons (Fsp3) is 0.391. The first-order valence-corrected chi connectivity index (χ1v) is 11.5. The van der Waals surface area contributed by atoms with Crippen molar-refractivity contribution < 1.29 is 14.0 Å².